The molecule has 3 rings (SSSR count). The maximum atomic E-state index is 13.4. The molecule has 1 aromatic heterocycles. The van der Waals surface area contributed by atoms with Crippen molar-refractivity contribution in [1.82, 2.24) is 9.55 Å². The van der Waals surface area contributed by atoms with Gasteiger partial charge in [0.05, 0.1) is 22.3 Å². The monoisotopic (exact) mass is 312 g/mol. The molecule has 1 heterocycles. The molecule has 3 aromatic rings. The molecule has 0 amide bonds. The summed E-state index contributed by atoms with van der Waals surface area (Å²) in [6, 6.07) is 5.84. The Bertz CT molecular complexity index is 844. The lowest BCUT2D eigenvalue weighted by atomic mass is 10.2. The predicted molar refractivity (Wildman–Crippen MR) is 70.7 cm³/mol. The number of hydrogen-bond donors (Lipinski definition) is 0. The third-order valence-electron chi connectivity index (χ3n) is 3.26. The highest BCUT2D eigenvalue weighted by Gasteiger charge is 2.31. The number of alkyl halides is 3. The van der Waals surface area contributed by atoms with E-state index < -0.39 is 23.4 Å². The largest absolute Gasteiger partial charge is 0.416 e. The average Bonchev–Trinajstić information content (AvgIpc) is 2.71. The summed E-state index contributed by atoms with van der Waals surface area (Å²) in [5.41, 5.74) is -0.317. The number of hydrogen-bond acceptors (Lipinski definition) is 1. The molecule has 0 saturated heterocycles. The van der Waals surface area contributed by atoms with Crippen molar-refractivity contribution in [3.63, 3.8) is 0 Å². The Kier molecular flexibility index (Phi) is 3.16. The third kappa shape index (κ3) is 2.43. The second-order valence-corrected chi connectivity index (χ2v) is 4.82. The first-order valence-corrected chi connectivity index (χ1v) is 6.28. The maximum absolute atomic E-state index is 13.4. The first-order valence-electron chi connectivity index (χ1n) is 6.28. The molecule has 0 fully saturated rings. The second kappa shape index (κ2) is 4.79. The highest BCUT2D eigenvalue weighted by molar-refractivity contribution is 5.79. The SMILES string of the molecule is Cc1nc2ccc(C(F)(F)F)cc2n1-c1cc(F)cc(F)c1. The van der Waals surface area contributed by atoms with Crippen LogP contribution in [-0.2, 0) is 6.18 Å². The van der Waals surface area contributed by atoms with E-state index in [1.807, 2.05) is 0 Å². The number of fused-ring (bicyclic) bond motifs is 1. The van der Waals surface area contributed by atoms with Crippen LogP contribution in [0.1, 0.15) is 11.4 Å². The standard InChI is InChI=1S/C15H9F5N2/c1-8-21-13-3-2-9(15(18,19)20)4-14(13)22(8)12-6-10(16)5-11(17)7-12/h2-7H,1H3. The van der Waals surface area contributed by atoms with E-state index in [9.17, 15) is 22.0 Å². The van der Waals surface area contributed by atoms with Crippen molar-refractivity contribution in [3.05, 3.63) is 59.4 Å². The number of aryl methyl sites for hydroxylation is 1. The number of benzene rings is 2. The Morgan fingerprint density at radius 3 is 2.18 bits per heavy atom. The molecule has 0 unspecified atom stereocenters. The smallest absolute Gasteiger partial charge is 0.296 e. The fraction of sp³-hybridized carbons (Fsp3) is 0.133. The van der Waals surface area contributed by atoms with Crippen LogP contribution in [0.15, 0.2) is 36.4 Å². The van der Waals surface area contributed by atoms with Gasteiger partial charge >= 0.3 is 6.18 Å². The molecule has 0 atom stereocenters. The Balaban J connectivity index is 2.30. The summed E-state index contributed by atoms with van der Waals surface area (Å²) in [5.74, 6) is -1.30. The molecule has 114 valence electrons. The molecular formula is C15H9F5N2. The first-order chi connectivity index (χ1) is 10.3. The molecule has 0 spiro atoms. The molecule has 2 nitrogen and oxygen atoms in total. The van der Waals surface area contributed by atoms with E-state index >= 15 is 0 Å². The number of aromatic nitrogens is 2. The molecule has 0 saturated carbocycles. The minimum atomic E-state index is -4.51. The molecule has 7 heteroatoms. The van der Waals surface area contributed by atoms with Gasteiger partial charge in [-0.2, -0.15) is 13.2 Å². The highest BCUT2D eigenvalue weighted by Crippen LogP contribution is 2.32. The molecule has 2 aromatic carbocycles. The summed E-state index contributed by atoms with van der Waals surface area (Å²) in [7, 11) is 0. The van der Waals surface area contributed by atoms with Crippen LogP contribution in [-0.4, -0.2) is 9.55 Å². The summed E-state index contributed by atoms with van der Waals surface area (Å²) in [5, 5.41) is 0. The van der Waals surface area contributed by atoms with Gasteiger partial charge in [0.15, 0.2) is 0 Å². The zero-order chi connectivity index (χ0) is 16.1. The van der Waals surface area contributed by atoms with Crippen molar-refractivity contribution >= 4 is 11.0 Å². The first kappa shape index (κ1) is 14.5. The molecular weight excluding hydrogens is 303 g/mol. The van der Waals surface area contributed by atoms with Gasteiger partial charge in [0, 0.05) is 6.07 Å². The normalized spacial score (nSPS) is 12.1. The summed E-state index contributed by atoms with van der Waals surface area (Å²) in [4.78, 5) is 4.12. The number of nitrogens with zero attached hydrogens (tertiary/aromatic N) is 2. The van der Waals surface area contributed by atoms with E-state index in [2.05, 4.69) is 4.98 Å². The topological polar surface area (TPSA) is 17.8 Å². The van der Waals surface area contributed by atoms with Crippen LogP contribution in [0.25, 0.3) is 16.7 Å². The number of rotatable bonds is 1. The summed E-state index contributed by atoms with van der Waals surface area (Å²) < 4.78 is 66.5. The van der Waals surface area contributed by atoms with Gasteiger partial charge in [-0.25, -0.2) is 13.8 Å². The van der Waals surface area contributed by atoms with Gasteiger partial charge in [-0.15, -0.1) is 0 Å². The summed E-state index contributed by atoms with van der Waals surface area (Å²) >= 11 is 0. The van der Waals surface area contributed by atoms with Crippen LogP contribution in [0, 0.1) is 18.6 Å². The maximum Gasteiger partial charge on any atom is 0.416 e. The van der Waals surface area contributed by atoms with Crippen molar-refractivity contribution in [2.75, 3.05) is 0 Å². The fourth-order valence-corrected chi connectivity index (χ4v) is 2.37. The van der Waals surface area contributed by atoms with Crippen LogP contribution in [0.4, 0.5) is 22.0 Å². The third-order valence-corrected chi connectivity index (χ3v) is 3.26. The van der Waals surface area contributed by atoms with Crippen molar-refractivity contribution in [1.29, 1.82) is 0 Å². The molecule has 0 aliphatic rings. The quantitative estimate of drug-likeness (QED) is 0.599. The van der Waals surface area contributed by atoms with Gasteiger partial charge < -0.3 is 0 Å². The Morgan fingerprint density at radius 1 is 0.955 bits per heavy atom. The zero-order valence-corrected chi connectivity index (χ0v) is 11.2. The second-order valence-electron chi connectivity index (χ2n) is 4.82. The Morgan fingerprint density at radius 2 is 1.59 bits per heavy atom. The van der Waals surface area contributed by atoms with Gasteiger partial charge in [-0.3, -0.25) is 4.57 Å². The van der Waals surface area contributed by atoms with Gasteiger partial charge in [-0.1, -0.05) is 0 Å². The molecule has 22 heavy (non-hydrogen) atoms. The summed E-state index contributed by atoms with van der Waals surface area (Å²) in [6.07, 6.45) is -4.51. The van der Waals surface area contributed by atoms with E-state index in [0.29, 0.717) is 17.4 Å². The average molecular weight is 312 g/mol. The lowest BCUT2D eigenvalue weighted by Crippen LogP contribution is -2.05. The summed E-state index contributed by atoms with van der Waals surface area (Å²) in [6.45, 7) is 1.55. The van der Waals surface area contributed by atoms with E-state index in [1.54, 1.807) is 6.92 Å². The fourth-order valence-electron chi connectivity index (χ4n) is 2.37. The lowest BCUT2D eigenvalue weighted by Gasteiger charge is -2.10. The van der Waals surface area contributed by atoms with Crippen LogP contribution in [0.3, 0.4) is 0 Å². The van der Waals surface area contributed by atoms with E-state index in [0.717, 1.165) is 24.3 Å². The van der Waals surface area contributed by atoms with Crippen molar-refractivity contribution < 1.29 is 22.0 Å². The highest BCUT2D eigenvalue weighted by atomic mass is 19.4. The minimum Gasteiger partial charge on any atom is -0.296 e. The van der Waals surface area contributed by atoms with Gasteiger partial charge in [0.25, 0.3) is 0 Å². The van der Waals surface area contributed by atoms with Crippen LogP contribution < -0.4 is 0 Å². The lowest BCUT2D eigenvalue weighted by molar-refractivity contribution is -0.137. The predicted octanol–water partition coefficient (Wildman–Crippen LogP) is 4.63. The van der Waals surface area contributed by atoms with E-state index in [-0.39, 0.29) is 11.2 Å². The van der Waals surface area contributed by atoms with Crippen LogP contribution in [0.2, 0.25) is 0 Å². The zero-order valence-electron chi connectivity index (χ0n) is 11.2. The van der Waals surface area contributed by atoms with E-state index in [4.69, 9.17) is 0 Å². The molecule has 0 bridgehead atoms. The Labute approximate surface area is 121 Å². The van der Waals surface area contributed by atoms with Crippen molar-refractivity contribution in [3.8, 4) is 5.69 Å². The van der Waals surface area contributed by atoms with Gasteiger partial charge in [-0.05, 0) is 37.3 Å². The Hall–Kier alpha value is -2.44. The van der Waals surface area contributed by atoms with Crippen molar-refractivity contribution in [2.24, 2.45) is 0 Å². The molecule has 0 aliphatic carbocycles. The number of halogens is 5. The molecule has 0 radical (unpaired) electrons. The van der Waals surface area contributed by atoms with Crippen molar-refractivity contribution in [2.45, 2.75) is 13.1 Å². The van der Waals surface area contributed by atoms with Gasteiger partial charge in [0.2, 0.25) is 0 Å². The molecule has 0 N–H and O–H groups in total. The molecule has 0 aliphatic heterocycles. The van der Waals surface area contributed by atoms with Crippen LogP contribution >= 0.6 is 0 Å². The van der Waals surface area contributed by atoms with Crippen LogP contribution in [0.5, 0.6) is 0 Å². The van der Waals surface area contributed by atoms with E-state index in [1.165, 1.54) is 10.6 Å². The van der Waals surface area contributed by atoms with Gasteiger partial charge in [0.1, 0.15) is 17.5 Å². The minimum absolute atomic E-state index is 0.0804. The number of imidazole rings is 1.